The molecule has 3 aromatic carbocycles. The summed E-state index contributed by atoms with van der Waals surface area (Å²) in [5.74, 6) is 0. The van der Waals surface area contributed by atoms with Gasteiger partial charge in [-0.2, -0.15) is 0 Å². The normalized spacial score (nSPS) is 10.5. The molecule has 0 spiro atoms. The van der Waals surface area contributed by atoms with E-state index in [1.807, 2.05) is 24.3 Å². The first kappa shape index (κ1) is 15.9. The minimum atomic E-state index is 0.652. The molecular weight excluding hydrogens is 325 g/mol. The van der Waals surface area contributed by atoms with Crippen molar-refractivity contribution in [2.24, 2.45) is 0 Å². The lowest BCUT2D eigenvalue weighted by Gasteiger charge is -2.26. The second-order valence-corrected chi connectivity index (χ2v) is 6.33. The van der Waals surface area contributed by atoms with Crippen LogP contribution in [0, 0.1) is 0 Å². The van der Waals surface area contributed by atoms with Gasteiger partial charge in [0, 0.05) is 28.8 Å². The summed E-state index contributed by atoms with van der Waals surface area (Å²) in [6, 6.07) is 26.5. The molecule has 0 radical (unpaired) electrons. The molecule has 0 bridgehead atoms. The molecular formula is C20H17Cl2N. The predicted octanol–water partition coefficient (Wildman–Crippen LogP) is 6.20. The number of anilines is 1. The number of hydrogen-bond donors (Lipinski definition) is 0. The summed E-state index contributed by atoms with van der Waals surface area (Å²) in [7, 11) is 0. The van der Waals surface area contributed by atoms with Crippen molar-refractivity contribution in [3.05, 3.63) is 100 Å². The first-order chi connectivity index (χ1) is 11.2. The Kier molecular flexibility index (Phi) is 5.22. The standard InChI is InChI=1S/C20H17Cl2N/c21-18-11-19(22)13-20(12-18)23(14-16-7-3-1-4-8-16)15-17-9-5-2-6-10-17/h1-13H,14-15H2. The molecule has 3 aromatic rings. The van der Waals surface area contributed by atoms with Crippen LogP contribution in [0.25, 0.3) is 0 Å². The van der Waals surface area contributed by atoms with E-state index >= 15 is 0 Å². The smallest absolute Gasteiger partial charge is 0.0441 e. The van der Waals surface area contributed by atoms with Crippen LogP contribution in [0.5, 0.6) is 0 Å². The van der Waals surface area contributed by atoms with Crippen molar-refractivity contribution < 1.29 is 0 Å². The molecule has 0 unspecified atom stereocenters. The highest BCUT2D eigenvalue weighted by Gasteiger charge is 2.10. The maximum absolute atomic E-state index is 6.19. The van der Waals surface area contributed by atoms with Gasteiger partial charge in [0.15, 0.2) is 0 Å². The van der Waals surface area contributed by atoms with Crippen molar-refractivity contribution in [1.29, 1.82) is 0 Å². The molecule has 1 nitrogen and oxygen atoms in total. The van der Waals surface area contributed by atoms with Gasteiger partial charge in [-0.3, -0.25) is 0 Å². The average molecular weight is 342 g/mol. The predicted molar refractivity (Wildman–Crippen MR) is 99.2 cm³/mol. The van der Waals surface area contributed by atoms with Crippen molar-refractivity contribution in [3.63, 3.8) is 0 Å². The Bertz CT molecular complexity index is 695. The molecule has 0 aliphatic rings. The summed E-state index contributed by atoms with van der Waals surface area (Å²) >= 11 is 12.4. The first-order valence-electron chi connectivity index (χ1n) is 7.49. The van der Waals surface area contributed by atoms with E-state index in [4.69, 9.17) is 23.2 Å². The van der Waals surface area contributed by atoms with Gasteiger partial charge in [-0.25, -0.2) is 0 Å². The second-order valence-electron chi connectivity index (χ2n) is 5.45. The molecule has 0 saturated carbocycles. The largest absolute Gasteiger partial charge is 0.363 e. The van der Waals surface area contributed by atoms with E-state index < -0.39 is 0 Å². The van der Waals surface area contributed by atoms with E-state index in [1.165, 1.54) is 11.1 Å². The molecule has 0 N–H and O–H groups in total. The highest BCUT2D eigenvalue weighted by atomic mass is 35.5. The third kappa shape index (κ3) is 4.51. The van der Waals surface area contributed by atoms with E-state index in [1.54, 1.807) is 6.07 Å². The van der Waals surface area contributed by atoms with Crippen LogP contribution in [-0.2, 0) is 13.1 Å². The Hall–Kier alpha value is -1.96. The molecule has 0 fully saturated rings. The third-order valence-corrected chi connectivity index (χ3v) is 4.08. The topological polar surface area (TPSA) is 3.24 Å². The number of hydrogen-bond acceptors (Lipinski definition) is 1. The molecule has 0 aromatic heterocycles. The molecule has 3 rings (SSSR count). The van der Waals surface area contributed by atoms with Crippen LogP contribution in [0.1, 0.15) is 11.1 Å². The highest BCUT2D eigenvalue weighted by molar-refractivity contribution is 6.35. The number of rotatable bonds is 5. The van der Waals surface area contributed by atoms with Crippen LogP contribution in [0.2, 0.25) is 10.0 Å². The van der Waals surface area contributed by atoms with Crippen LogP contribution in [0.15, 0.2) is 78.9 Å². The number of halogens is 2. The zero-order valence-corrected chi connectivity index (χ0v) is 14.1. The van der Waals surface area contributed by atoms with Crippen molar-refractivity contribution in [2.45, 2.75) is 13.1 Å². The van der Waals surface area contributed by atoms with Crippen LogP contribution in [0.3, 0.4) is 0 Å². The quantitative estimate of drug-likeness (QED) is 0.533. The van der Waals surface area contributed by atoms with Crippen molar-refractivity contribution in [1.82, 2.24) is 0 Å². The van der Waals surface area contributed by atoms with Crippen LogP contribution in [0.4, 0.5) is 5.69 Å². The summed E-state index contributed by atoms with van der Waals surface area (Å²) < 4.78 is 0. The molecule has 0 atom stereocenters. The first-order valence-corrected chi connectivity index (χ1v) is 8.25. The number of benzene rings is 3. The van der Waals surface area contributed by atoms with Crippen LogP contribution in [-0.4, -0.2) is 0 Å². The monoisotopic (exact) mass is 341 g/mol. The molecule has 0 amide bonds. The lowest BCUT2D eigenvalue weighted by Crippen LogP contribution is -2.22. The maximum Gasteiger partial charge on any atom is 0.0441 e. The van der Waals surface area contributed by atoms with Crippen LogP contribution < -0.4 is 4.90 Å². The van der Waals surface area contributed by atoms with E-state index in [0.29, 0.717) is 10.0 Å². The van der Waals surface area contributed by atoms with Gasteiger partial charge in [-0.05, 0) is 29.3 Å². The molecule has 3 heteroatoms. The summed E-state index contributed by atoms with van der Waals surface area (Å²) in [6.45, 7) is 1.60. The lowest BCUT2D eigenvalue weighted by molar-refractivity contribution is 0.800. The summed E-state index contributed by atoms with van der Waals surface area (Å²) in [4.78, 5) is 2.28. The Morgan fingerprint density at radius 3 is 1.48 bits per heavy atom. The molecule has 0 heterocycles. The maximum atomic E-state index is 6.19. The Morgan fingerprint density at radius 2 is 1.04 bits per heavy atom. The average Bonchev–Trinajstić information content (AvgIpc) is 2.55. The Balaban J connectivity index is 1.92. The zero-order chi connectivity index (χ0) is 16.1. The molecule has 116 valence electrons. The fourth-order valence-corrected chi connectivity index (χ4v) is 3.08. The van der Waals surface area contributed by atoms with Gasteiger partial charge in [0.25, 0.3) is 0 Å². The SMILES string of the molecule is Clc1cc(Cl)cc(N(Cc2ccccc2)Cc2ccccc2)c1. The van der Waals surface area contributed by atoms with Gasteiger partial charge in [-0.1, -0.05) is 83.9 Å². The molecule has 0 aliphatic carbocycles. The van der Waals surface area contributed by atoms with Gasteiger partial charge in [0.2, 0.25) is 0 Å². The Labute approximate surface area is 147 Å². The zero-order valence-electron chi connectivity index (χ0n) is 12.6. The number of nitrogens with zero attached hydrogens (tertiary/aromatic N) is 1. The molecule has 0 aliphatic heterocycles. The van der Waals surface area contributed by atoms with Gasteiger partial charge < -0.3 is 4.90 Å². The van der Waals surface area contributed by atoms with Crippen LogP contribution >= 0.6 is 23.2 Å². The van der Waals surface area contributed by atoms with Crippen molar-refractivity contribution >= 4 is 28.9 Å². The van der Waals surface area contributed by atoms with E-state index in [9.17, 15) is 0 Å². The summed E-state index contributed by atoms with van der Waals surface area (Å²) in [5, 5.41) is 1.30. The fourth-order valence-electron chi connectivity index (χ4n) is 2.57. The minimum Gasteiger partial charge on any atom is -0.363 e. The lowest BCUT2D eigenvalue weighted by atomic mass is 10.1. The minimum absolute atomic E-state index is 0.652. The fraction of sp³-hybridized carbons (Fsp3) is 0.100. The second kappa shape index (κ2) is 7.54. The van der Waals surface area contributed by atoms with Crippen molar-refractivity contribution in [3.8, 4) is 0 Å². The van der Waals surface area contributed by atoms with Gasteiger partial charge >= 0.3 is 0 Å². The van der Waals surface area contributed by atoms with E-state index in [2.05, 4.69) is 53.4 Å². The van der Waals surface area contributed by atoms with E-state index in [-0.39, 0.29) is 0 Å². The van der Waals surface area contributed by atoms with Gasteiger partial charge in [0.1, 0.15) is 0 Å². The highest BCUT2D eigenvalue weighted by Crippen LogP contribution is 2.28. The van der Waals surface area contributed by atoms with Gasteiger partial charge in [0.05, 0.1) is 0 Å². The Morgan fingerprint density at radius 1 is 0.609 bits per heavy atom. The summed E-state index contributed by atoms with van der Waals surface area (Å²) in [6.07, 6.45) is 0. The van der Waals surface area contributed by atoms with Gasteiger partial charge in [-0.15, -0.1) is 0 Å². The van der Waals surface area contributed by atoms with Crippen molar-refractivity contribution in [2.75, 3.05) is 4.90 Å². The molecule has 23 heavy (non-hydrogen) atoms. The molecule has 0 saturated heterocycles. The van der Waals surface area contributed by atoms with E-state index in [0.717, 1.165) is 18.8 Å². The summed E-state index contributed by atoms with van der Waals surface area (Å²) in [5.41, 5.74) is 3.52. The third-order valence-electron chi connectivity index (χ3n) is 3.64.